The fourth-order valence-electron chi connectivity index (χ4n) is 4.23. The highest BCUT2D eigenvalue weighted by molar-refractivity contribution is 5.55. The molecule has 0 aliphatic heterocycles. The molecule has 0 aliphatic rings. The molecular weight excluding hydrogens is 442 g/mol. The van der Waals surface area contributed by atoms with Gasteiger partial charge < -0.3 is 4.74 Å². The van der Waals surface area contributed by atoms with Crippen LogP contribution in [0, 0.1) is 0 Å². The second kappa shape index (κ2) is 18.3. The summed E-state index contributed by atoms with van der Waals surface area (Å²) >= 11 is 0. The summed E-state index contributed by atoms with van der Waals surface area (Å²) in [6.45, 7) is 4.58. The van der Waals surface area contributed by atoms with Crippen LogP contribution in [0.1, 0.15) is 109 Å². The zero-order chi connectivity index (χ0) is 25.1. The van der Waals surface area contributed by atoms with Gasteiger partial charge in [0.1, 0.15) is 12.3 Å². The minimum atomic E-state index is -0.965. The van der Waals surface area contributed by atoms with Gasteiger partial charge in [-0.2, -0.15) is 0 Å². The molecule has 0 saturated heterocycles. The van der Waals surface area contributed by atoms with E-state index in [1.165, 1.54) is 50.5 Å². The number of benzene rings is 1. The zero-order valence-electron chi connectivity index (χ0n) is 22.0. The first-order valence-corrected chi connectivity index (χ1v) is 13.9. The first-order valence-electron chi connectivity index (χ1n) is 13.9. The van der Waals surface area contributed by atoms with E-state index in [1.54, 1.807) is 12.4 Å². The summed E-state index contributed by atoms with van der Waals surface area (Å²) in [6, 6.07) is 8.47. The molecular formula is C30H46F2N2O. The summed E-state index contributed by atoms with van der Waals surface area (Å²) in [7, 11) is 0. The highest BCUT2D eigenvalue weighted by Crippen LogP contribution is 2.20. The number of alkyl halides is 2. The molecule has 35 heavy (non-hydrogen) atoms. The number of hydrogen-bond acceptors (Lipinski definition) is 3. The van der Waals surface area contributed by atoms with E-state index in [1.807, 2.05) is 0 Å². The number of aromatic nitrogens is 2. The van der Waals surface area contributed by atoms with Gasteiger partial charge in [0.15, 0.2) is 11.6 Å². The van der Waals surface area contributed by atoms with Gasteiger partial charge in [0, 0.05) is 12.0 Å². The highest BCUT2D eigenvalue weighted by atomic mass is 19.1. The van der Waals surface area contributed by atoms with E-state index < -0.39 is 12.3 Å². The predicted octanol–water partition coefficient (Wildman–Crippen LogP) is 9.24. The van der Waals surface area contributed by atoms with Crippen molar-refractivity contribution < 1.29 is 13.5 Å². The Morgan fingerprint density at radius 3 is 1.91 bits per heavy atom. The van der Waals surface area contributed by atoms with Crippen molar-refractivity contribution in [1.29, 1.82) is 0 Å². The Balaban J connectivity index is 1.63. The van der Waals surface area contributed by atoms with E-state index in [9.17, 15) is 8.78 Å². The Kier molecular flexibility index (Phi) is 15.2. The Morgan fingerprint density at radius 2 is 1.26 bits per heavy atom. The summed E-state index contributed by atoms with van der Waals surface area (Å²) < 4.78 is 33.3. The van der Waals surface area contributed by atoms with Gasteiger partial charge in [-0.1, -0.05) is 89.5 Å². The summed E-state index contributed by atoms with van der Waals surface area (Å²) in [5, 5.41) is 0. The molecule has 5 heteroatoms. The first-order chi connectivity index (χ1) is 17.1. The maximum atomic E-state index is 14.1. The van der Waals surface area contributed by atoms with Crippen LogP contribution in [0.25, 0.3) is 11.4 Å². The third kappa shape index (κ3) is 13.0. The van der Waals surface area contributed by atoms with Gasteiger partial charge in [0.25, 0.3) is 0 Å². The van der Waals surface area contributed by atoms with Gasteiger partial charge in [-0.25, -0.2) is 18.7 Å². The smallest absolute Gasteiger partial charge is 0.159 e. The second-order valence-electron chi connectivity index (χ2n) is 9.72. The van der Waals surface area contributed by atoms with E-state index in [-0.39, 0.29) is 6.61 Å². The lowest BCUT2D eigenvalue weighted by Crippen LogP contribution is -2.09. The minimum absolute atomic E-state index is 0.270. The van der Waals surface area contributed by atoms with Crippen molar-refractivity contribution in [2.75, 3.05) is 6.61 Å². The Hall–Kier alpha value is -2.04. The van der Waals surface area contributed by atoms with Crippen molar-refractivity contribution >= 4 is 0 Å². The fraction of sp³-hybridized carbons (Fsp3) is 0.667. The second-order valence-corrected chi connectivity index (χ2v) is 9.72. The molecule has 1 aromatic carbocycles. The normalized spacial score (nSPS) is 13.0. The third-order valence-electron chi connectivity index (χ3n) is 6.51. The Bertz CT molecular complexity index is 767. The number of ether oxygens (including phenoxy) is 1. The number of halogens is 2. The average Bonchev–Trinajstić information content (AvgIpc) is 2.88. The van der Waals surface area contributed by atoms with Crippen molar-refractivity contribution in [2.24, 2.45) is 0 Å². The van der Waals surface area contributed by atoms with Crippen LogP contribution in [0.2, 0.25) is 0 Å². The molecule has 2 atom stereocenters. The van der Waals surface area contributed by atoms with Crippen LogP contribution in [0.15, 0.2) is 36.7 Å². The predicted molar refractivity (Wildman–Crippen MR) is 142 cm³/mol. The molecule has 0 radical (unpaired) electrons. The van der Waals surface area contributed by atoms with Crippen molar-refractivity contribution in [3.63, 3.8) is 0 Å². The van der Waals surface area contributed by atoms with Gasteiger partial charge in [-0.15, -0.1) is 0 Å². The highest BCUT2D eigenvalue weighted by Gasteiger charge is 2.11. The summed E-state index contributed by atoms with van der Waals surface area (Å²) in [5.74, 6) is 1.20. The van der Waals surface area contributed by atoms with Crippen molar-refractivity contribution in [2.45, 2.75) is 123 Å². The minimum Gasteiger partial charge on any atom is -0.490 e. The lowest BCUT2D eigenvalue weighted by atomic mass is 10.0. The average molecular weight is 489 g/mol. The van der Waals surface area contributed by atoms with E-state index in [0.29, 0.717) is 43.7 Å². The number of hydrogen-bond donors (Lipinski definition) is 0. The molecule has 0 saturated carbocycles. The standard InChI is InChI=1S/C30H46F2N2O/c1-3-5-7-8-9-10-11-13-25-17-19-26(20-18-25)30-33-23-29(24-34-30)35-22-21-28(32)16-12-15-27(31)14-6-4-2/h17-20,23-24,27-28H,3-16,21-22H2,1-2H3. The monoisotopic (exact) mass is 488 g/mol. The van der Waals surface area contributed by atoms with Gasteiger partial charge in [0.05, 0.1) is 19.0 Å². The van der Waals surface area contributed by atoms with Crippen LogP contribution in [-0.2, 0) is 6.42 Å². The molecule has 0 bridgehead atoms. The zero-order valence-corrected chi connectivity index (χ0v) is 22.0. The molecule has 0 spiro atoms. The molecule has 3 nitrogen and oxygen atoms in total. The van der Waals surface area contributed by atoms with E-state index in [0.717, 1.165) is 24.8 Å². The lowest BCUT2D eigenvalue weighted by molar-refractivity contribution is 0.212. The number of nitrogens with zero attached hydrogens (tertiary/aromatic N) is 2. The van der Waals surface area contributed by atoms with Crippen molar-refractivity contribution in [3.8, 4) is 17.1 Å². The number of aryl methyl sites for hydroxylation is 1. The maximum absolute atomic E-state index is 14.1. The Labute approximate surface area is 212 Å². The van der Waals surface area contributed by atoms with Crippen molar-refractivity contribution in [1.82, 2.24) is 9.97 Å². The van der Waals surface area contributed by atoms with Crippen LogP contribution >= 0.6 is 0 Å². The molecule has 0 fully saturated rings. The third-order valence-corrected chi connectivity index (χ3v) is 6.51. The summed E-state index contributed by atoms with van der Waals surface area (Å²) in [6.07, 6.45) is 16.1. The molecule has 2 rings (SSSR count). The number of rotatable bonds is 20. The van der Waals surface area contributed by atoms with Gasteiger partial charge >= 0.3 is 0 Å². The van der Waals surface area contributed by atoms with E-state index in [4.69, 9.17) is 4.74 Å². The van der Waals surface area contributed by atoms with Crippen LogP contribution < -0.4 is 4.74 Å². The largest absolute Gasteiger partial charge is 0.490 e. The molecule has 1 aromatic heterocycles. The quantitative estimate of drug-likeness (QED) is 0.174. The first kappa shape index (κ1) is 29.2. The SMILES string of the molecule is CCCCCCCCCc1ccc(-c2ncc(OCCC(F)CCCC(F)CCCC)cn2)cc1. The summed E-state index contributed by atoms with van der Waals surface area (Å²) in [4.78, 5) is 8.82. The van der Waals surface area contributed by atoms with Gasteiger partial charge in [0.2, 0.25) is 0 Å². The molecule has 0 amide bonds. The molecule has 0 aliphatic carbocycles. The molecule has 0 N–H and O–H groups in total. The number of unbranched alkanes of at least 4 members (excludes halogenated alkanes) is 7. The summed E-state index contributed by atoms with van der Waals surface area (Å²) in [5.41, 5.74) is 2.33. The molecule has 196 valence electrons. The fourth-order valence-corrected chi connectivity index (χ4v) is 4.23. The molecule has 1 heterocycles. The van der Waals surface area contributed by atoms with Gasteiger partial charge in [-0.05, 0) is 44.1 Å². The Morgan fingerprint density at radius 1 is 0.686 bits per heavy atom. The molecule has 2 aromatic rings. The van der Waals surface area contributed by atoms with E-state index >= 15 is 0 Å². The van der Waals surface area contributed by atoms with Crippen LogP contribution in [0.3, 0.4) is 0 Å². The van der Waals surface area contributed by atoms with Crippen LogP contribution in [0.4, 0.5) is 8.78 Å². The molecule has 2 unspecified atom stereocenters. The topological polar surface area (TPSA) is 35.0 Å². The van der Waals surface area contributed by atoms with Crippen LogP contribution in [-0.4, -0.2) is 28.9 Å². The van der Waals surface area contributed by atoms with Crippen molar-refractivity contribution in [3.05, 3.63) is 42.2 Å². The van der Waals surface area contributed by atoms with Gasteiger partial charge in [-0.3, -0.25) is 0 Å². The van der Waals surface area contributed by atoms with E-state index in [2.05, 4.69) is 48.1 Å². The lowest BCUT2D eigenvalue weighted by Gasteiger charge is -2.11. The maximum Gasteiger partial charge on any atom is 0.159 e. The van der Waals surface area contributed by atoms with Crippen LogP contribution in [0.5, 0.6) is 5.75 Å².